The maximum Gasteiger partial charge on any atom is 0.356 e. The molecule has 4 rings (SSSR count). The van der Waals surface area contributed by atoms with Crippen molar-refractivity contribution in [1.82, 2.24) is 4.57 Å². The Labute approximate surface area is 197 Å². The van der Waals surface area contributed by atoms with Gasteiger partial charge < -0.3 is 14.6 Å². The second-order valence-electron chi connectivity index (χ2n) is 8.35. The summed E-state index contributed by atoms with van der Waals surface area (Å²) < 4.78 is 6.86. The first-order chi connectivity index (χ1) is 16.3. The van der Waals surface area contributed by atoms with Gasteiger partial charge in [0.15, 0.2) is 6.10 Å². The van der Waals surface area contributed by atoms with Gasteiger partial charge in [-0.15, -0.1) is 0 Å². The van der Waals surface area contributed by atoms with E-state index in [1.165, 1.54) is 18.5 Å². The molecule has 0 saturated carbocycles. The minimum absolute atomic E-state index is 0.0982. The highest BCUT2D eigenvalue weighted by Crippen LogP contribution is 2.31. The maximum atomic E-state index is 13.4. The number of carbonyl (C=O) groups is 2. The standard InChI is InChI=1S/C28H26N2O4/c1-17-14-15-23(18(2)16-17)29-26(31)19(3)34-28(33)25-24(20-10-6-5-7-11-20)21-12-8-9-13-22(21)27(32)30(25)4/h5-16,19H,1-4H3,(H,29,31). The van der Waals surface area contributed by atoms with Crippen LogP contribution in [0.15, 0.2) is 77.6 Å². The lowest BCUT2D eigenvalue weighted by Gasteiger charge is -2.19. The predicted molar refractivity (Wildman–Crippen MR) is 134 cm³/mol. The van der Waals surface area contributed by atoms with Crippen molar-refractivity contribution < 1.29 is 14.3 Å². The summed E-state index contributed by atoms with van der Waals surface area (Å²) in [4.78, 5) is 39.2. The Balaban J connectivity index is 1.72. The van der Waals surface area contributed by atoms with Crippen LogP contribution in [-0.4, -0.2) is 22.5 Å². The molecule has 6 nitrogen and oxygen atoms in total. The lowest BCUT2D eigenvalue weighted by molar-refractivity contribution is -0.123. The van der Waals surface area contributed by atoms with Crippen LogP contribution in [0.3, 0.4) is 0 Å². The van der Waals surface area contributed by atoms with E-state index in [-0.39, 0.29) is 11.3 Å². The van der Waals surface area contributed by atoms with Crippen LogP contribution in [0, 0.1) is 13.8 Å². The molecule has 1 unspecified atom stereocenters. The van der Waals surface area contributed by atoms with Gasteiger partial charge >= 0.3 is 5.97 Å². The molecule has 0 aliphatic rings. The topological polar surface area (TPSA) is 77.4 Å². The smallest absolute Gasteiger partial charge is 0.356 e. The van der Waals surface area contributed by atoms with E-state index in [0.717, 1.165) is 16.7 Å². The Kier molecular flexibility index (Phi) is 6.32. The zero-order valence-electron chi connectivity index (χ0n) is 19.6. The Hall–Kier alpha value is -4.19. The average Bonchev–Trinajstić information content (AvgIpc) is 2.83. The summed E-state index contributed by atoms with van der Waals surface area (Å²) in [5.74, 6) is -1.19. The van der Waals surface area contributed by atoms with Crippen LogP contribution in [0.5, 0.6) is 0 Å². The van der Waals surface area contributed by atoms with Gasteiger partial charge in [-0.2, -0.15) is 0 Å². The number of aromatic nitrogens is 1. The predicted octanol–water partition coefficient (Wildman–Crippen LogP) is 5.01. The minimum atomic E-state index is -1.07. The fourth-order valence-corrected chi connectivity index (χ4v) is 4.06. The van der Waals surface area contributed by atoms with E-state index in [1.54, 1.807) is 12.1 Å². The molecule has 6 heteroatoms. The molecule has 0 aliphatic heterocycles. The van der Waals surface area contributed by atoms with Gasteiger partial charge in [0.1, 0.15) is 5.69 Å². The van der Waals surface area contributed by atoms with Crippen LogP contribution in [0.2, 0.25) is 0 Å². The highest BCUT2D eigenvalue weighted by molar-refractivity contribution is 6.07. The fourth-order valence-electron chi connectivity index (χ4n) is 4.06. The Morgan fingerprint density at radius 3 is 2.24 bits per heavy atom. The van der Waals surface area contributed by atoms with Gasteiger partial charge in [0.25, 0.3) is 11.5 Å². The average molecular weight is 455 g/mol. The highest BCUT2D eigenvalue weighted by atomic mass is 16.5. The number of anilines is 1. The molecule has 1 atom stereocenters. The van der Waals surface area contributed by atoms with Crippen molar-refractivity contribution in [3.05, 3.63) is 100.0 Å². The molecule has 1 heterocycles. The van der Waals surface area contributed by atoms with E-state index in [4.69, 9.17) is 4.74 Å². The van der Waals surface area contributed by atoms with E-state index in [9.17, 15) is 14.4 Å². The van der Waals surface area contributed by atoms with E-state index in [2.05, 4.69) is 5.32 Å². The zero-order valence-corrected chi connectivity index (χ0v) is 19.6. The Morgan fingerprint density at radius 1 is 0.912 bits per heavy atom. The summed E-state index contributed by atoms with van der Waals surface area (Å²) in [6, 6.07) is 22.2. The molecule has 34 heavy (non-hydrogen) atoms. The molecule has 0 saturated heterocycles. The summed E-state index contributed by atoms with van der Waals surface area (Å²) in [5.41, 5.74) is 3.80. The van der Waals surface area contributed by atoms with Crippen LogP contribution in [-0.2, 0) is 16.6 Å². The van der Waals surface area contributed by atoms with Crippen molar-refractivity contribution in [2.24, 2.45) is 7.05 Å². The molecular weight excluding hydrogens is 428 g/mol. The number of aryl methyl sites for hydroxylation is 2. The van der Waals surface area contributed by atoms with Crippen LogP contribution in [0.1, 0.15) is 28.5 Å². The normalized spacial score (nSPS) is 11.8. The third kappa shape index (κ3) is 4.35. The Bertz CT molecular complexity index is 1450. The first-order valence-corrected chi connectivity index (χ1v) is 11.0. The summed E-state index contributed by atoms with van der Waals surface area (Å²) in [7, 11) is 1.54. The summed E-state index contributed by atoms with van der Waals surface area (Å²) in [6.45, 7) is 5.38. The molecule has 0 spiro atoms. The fraction of sp³-hybridized carbons (Fsp3) is 0.179. The molecule has 0 bridgehead atoms. The number of hydrogen-bond acceptors (Lipinski definition) is 4. The second kappa shape index (κ2) is 9.35. The third-order valence-electron chi connectivity index (χ3n) is 5.85. The van der Waals surface area contributed by atoms with Crippen molar-refractivity contribution in [3.63, 3.8) is 0 Å². The van der Waals surface area contributed by atoms with Crippen LogP contribution in [0.25, 0.3) is 21.9 Å². The molecule has 0 fully saturated rings. The molecular formula is C28H26N2O4. The Morgan fingerprint density at radius 2 is 1.56 bits per heavy atom. The molecule has 172 valence electrons. The molecule has 1 amide bonds. The molecule has 1 aromatic heterocycles. The molecule has 4 aromatic rings. The number of nitrogens with zero attached hydrogens (tertiary/aromatic N) is 1. The van der Waals surface area contributed by atoms with Gasteiger partial charge in [-0.05, 0) is 49.4 Å². The van der Waals surface area contributed by atoms with E-state index < -0.39 is 18.0 Å². The van der Waals surface area contributed by atoms with Crippen molar-refractivity contribution >= 4 is 28.3 Å². The van der Waals surface area contributed by atoms with Crippen LogP contribution < -0.4 is 10.9 Å². The van der Waals surface area contributed by atoms with E-state index in [1.807, 2.05) is 74.5 Å². The third-order valence-corrected chi connectivity index (χ3v) is 5.85. The molecule has 0 radical (unpaired) electrons. The quantitative estimate of drug-likeness (QED) is 0.430. The first kappa shape index (κ1) is 23.0. The van der Waals surface area contributed by atoms with Crippen molar-refractivity contribution in [2.45, 2.75) is 26.9 Å². The number of esters is 1. The minimum Gasteiger partial charge on any atom is -0.448 e. The summed E-state index contributed by atoms with van der Waals surface area (Å²) in [6.07, 6.45) is -1.07. The number of ether oxygens (including phenoxy) is 1. The number of benzene rings is 3. The summed E-state index contributed by atoms with van der Waals surface area (Å²) >= 11 is 0. The number of nitrogens with one attached hydrogen (secondary N) is 1. The maximum absolute atomic E-state index is 13.4. The number of rotatable bonds is 5. The van der Waals surface area contributed by atoms with Crippen LogP contribution >= 0.6 is 0 Å². The highest BCUT2D eigenvalue weighted by Gasteiger charge is 2.26. The van der Waals surface area contributed by atoms with Crippen molar-refractivity contribution in [3.8, 4) is 11.1 Å². The zero-order chi connectivity index (χ0) is 24.4. The monoisotopic (exact) mass is 454 g/mol. The van der Waals surface area contributed by atoms with Gasteiger partial charge in [0.2, 0.25) is 0 Å². The van der Waals surface area contributed by atoms with Crippen LogP contribution in [0.4, 0.5) is 5.69 Å². The van der Waals surface area contributed by atoms with Crippen molar-refractivity contribution in [2.75, 3.05) is 5.32 Å². The number of amides is 1. The van der Waals surface area contributed by atoms with Gasteiger partial charge in [-0.1, -0.05) is 66.2 Å². The largest absolute Gasteiger partial charge is 0.448 e. The molecule has 3 aromatic carbocycles. The number of carbonyl (C=O) groups excluding carboxylic acids is 2. The SMILES string of the molecule is Cc1ccc(NC(=O)C(C)OC(=O)c2c(-c3ccccc3)c3ccccc3c(=O)n2C)c(C)c1. The molecule has 0 aliphatic carbocycles. The van der Waals surface area contributed by atoms with E-state index in [0.29, 0.717) is 22.0 Å². The van der Waals surface area contributed by atoms with E-state index >= 15 is 0 Å². The second-order valence-corrected chi connectivity index (χ2v) is 8.35. The lowest BCUT2D eigenvalue weighted by Crippen LogP contribution is -2.33. The van der Waals surface area contributed by atoms with Gasteiger partial charge in [-0.25, -0.2) is 4.79 Å². The first-order valence-electron chi connectivity index (χ1n) is 11.0. The molecule has 1 N–H and O–H groups in total. The number of fused-ring (bicyclic) bond motifs is 1. The lowest BCUT2D eigenvalue weighted by atomic mass is 9.97. The van der Waals surface area contributed by atoms with Gasteiger partial charge in [0, 0.05) is 23.7 Å². The van der Waals surface area contributed by atoms with Gasteiger partial charge in [-0.3, -0.25) is 9.59 Å². The number of hydrogen-bond donors (Lipinski definition) is 1. The van der Waals surface area contributed by atoms with Gasteiger partial charge in [0.05, 0.1) is 0 Å². The number of pyridine rings is 1. The van der Waals surface area contributed by atoms with Crippen molar-refractivity contribution in [1.29, 1.82) is 0 Å². The summed E-state index contributed by atoms with van der Waals surface area (Å²) in [5, 5.41) is 3.96.